The molecule has 2 N–H and O–H groups in total. The molecule has 1 rings (SSSR count). The van der Waals surface area contributed by atoms with Crippen LogP contribution in [0.4, 0.5) is 0 Å². The van der Waals surface area contributed by atoms with Crippen LogP contribution in [-0.2, 0) is 4.79 Å². The maximum Gasteiger partial charge on any atom is 0.251 e. The molecule has 0 bridgehead atoms. The highest BCUT2D eigenvalue weighted by atomic mass is 16.5. The number of para-hydroxylation sites is 1. The van der Waals surface area contributed by atoms with E-state index in [1.165, 1.54) is 13.8 Å². The molecule has 0 saturated carbocycles. The number of rotatable bonds is 6. The van der Waals surface area contributed by atoms with Crippen LogP contribution in [0.25, 0.3) is 0 Å². The summed E-state index contributed by atoms with van der Waals surface area (Å²) < 4.78 is 5.46. The fourth-order valence-electron chi connectivity index (χ4n) is 1.20. The Kier molecular flexibility index (Phi) is 4.97. The first-order valence-corrected chi connectivity index (χ1v) is 5.68. The molecular formula is C13H19NO3. The van der Waals surface area contributed by atoms with Crippen molar-refractivity contribution in [1.82, 2.24) is 5.32 Å². The Balaban J connectivity index is 2.12. The van der Waals surface area contributed by atoms with Gasteiger partial charge in [-0.15, -0.1) is 0 Å². The minimum atomic E-state index is -1.32. The maximum atomic E-state index is 11.3. The number of hydrogen-bond acceptors (Lipinski definition) is 3. The zero-order valence-electron chi connectivity index (χ0n) is 10.3. The fraction of sp³-hybridized carbons (Fsp3) is 0.462. The molecule has 17 heavy (non-hydrogen) atoms. The lowest BCUT2D eigenvalue weighted by molar-refractivity contribution is -0.136. The number of carbonyl (C=O) groups is 1. The van der Waals surface area contributed by atoms with Gasteiger partial charge in [0.2, 0.25) is 0 Å². The first kappa shape index (κ1) is 13.5. The van der Waals surface area contributed by atoms with Crippen LogP contribution in [0, 0.1) is 0 Å². The third-order valence-electron chi connectivity index (χ3n) is 2.17. The Labute approximate surface area is 102 Å². The van der Waals surface area contributed by atoms with Crippen LogP contribution in [-0.4, -0.2) is 29.8 Å². The minimum absolute atomic E-state index is 0.364. The van der Waals surface area contributed by atoms with Crippen molar-refractivity contribution in [2.45, 2.75) is 25.9 Å². The third kappa shape index (κ3) is 5.36. The van der Waals surface area contributed by atoms with Crippen molar-refractivity contribution in [2.75, 3.05) is 13.2 Å². The number of aliphatic hydroxyl groups is 1. The molecule has 0 atom stereocenters. The molecule has 0 fully saturated rings. The van der Waals surface area contributed by atoms with Crippen molar-refractivity contribution in [3.8, 4) is 5.75 Å². The van der Waals surface area contributed by atoms with Gasteiger partial charge in [0.25, 0.3) is 5.91 Å². The van der Waals surface area contributed by atoms with E-state index >= 15 is 0 Å². The van der Waals surface area contributed by atoms with Gasteiger partial charge in [0, 0.05) is 6.54 Å². The molecule has 1 aromatic carbocycles. The number of carbonyl (C=O) groups excluding carboxylic acids is 1. The monoisotopic (exact) mass is 237 g/mol. The molecule has 0 radical (unpaired) electrons. The first-order valence-electron chi connectivity index (χ1n) is 5.68. The van der Waals surface area contributed by atoms with Gasteiger partial charge < -0.3 is 15.2 Å². The molecular weight excluding hydrogens is 218 g/mol. The SMILES string of the molecule is CC(C)(O)C(=O)NCCCOc1ccccc1. The molecule has 0 aliphatic rings. The van der Waals surface area contributed by atoms with E-state index in [4.69, 9.17) is 4.74 Å². The van der Waals surface area contributed by atoms with Crippen molar-refractivity contribution < 1.29 is 14.6 Å². The number of amides is 1. The van der Waals surface area contributed by atoms with Crippen molar-refractivity contribution in [3.63, 3.8) is 0 Å². The third-order valence-corrected chi connectivity index (χ3v) is 2.17. The van der Waals surface area contributed by atoms with Crippen LogP contribution in [0.2, 0.25) is 0 Å². The lowest BCUT2D eigenvalue weighted by Gasteiger charge is -2.16. The molecule has 1 aromatic rings. The second-order valence-corrected chi connectivity index (χ2v) is 4.33. The summed E-state index contributed by atoms with van der Waals surface area (Å²) in [6.07, 6.45) is 0.705. The number of ether oxygens (including phenoxy) is 1. The van der Waals surface area contributed by atoms with E-state index in [9.17, 15) is 9.90 Å². The number of benzene rings is 1. The van der Waals surface area contributed by atoms with E-state index < -0.39 is 5.60 Å². The summed E-state index contributed by atoms with van der Waals surface area (Å²) in [6, 6.07) is 9.51. The predicted molar refractivity (Wildman–Crippen MR) is 65.9 cm³/mol. The highest BCUT2D eigenvalue weighted by molar-refractivity contribution is 5.83. The Hall–Kier alpha value is -1.55. The van der Waals surface area contributed by atoms with Gasteiger partial charge in [0.1, 0.15) is 11.4 Å². The molecule has 4 nitrogen and oxygen atoms in total. The van der Waals surface area contributed by atoms with E-state index in [0.29, 0.717) is 19.6 Å². The molecule has 0 aliphatic heterocycles. The smallest absolute Gasteiger partial charge is 0.251 e. The molecule has 4 heteroatoms. The van der Waals surface area contributed by atoms with Crippen molar-refractivity contribution in [3.05, 3.63) is 30.3 Å². The van der Waals surface area contributed by atoms with Gasteiger partial charge in [-0.25, -0.2) is 0 Å². The molecule has 0 heterocycles. The standard InChI is InChI=1S/C13H19NO3/c1-13(2,16)12(15)14-9-6-10-17-11-7-4-3-5-8-11/h3-5,7-8,16H,6,9-10H2,1-2H3,(H,14,15). The number of nitrogens with one attached hydrogen (secondary N) is 1. The first-order chi connectivity index (χ1) is 8.00. The second-order valence-electron chi connectivity index (χ2n) is 4.33. The Morgan fingerprint density at radius 2 is 2.00 bits per heavy atom. The van der Waals surface area contributed by atoms with Crippen LogP contribution in [0.15, 0.2) is 30.3 Å². The summed E-state index contributed by atoms with van der Waals surface area (Å²) >= 11 is 0. The average molecular weight is 237 g/mol. The molecule has 0 saturated heterocycles. The highest BCUT2D eigenvalue weighted by Crippen LogP contribution is 2.08. The summed E-state index contributed by atoms with van der Waals surface area (Å²) in [7, 11) is 0. The van der Waals surface area contributed by atoms with E-state index in [1.807, 2.05) is 30.3 Å². The van der Waals surface area contributed by atoms with Gasteiger partial charge in [-0.1, -0.05) is 18.2 Å². The van der Waals surface area contributed by atoms with Crippen LogP contribution >= 0.6 is 0 Å². The van der Waals surface area contributed by atoms with Crippen molar-refractivity contribution >= 4 is 5.91 Å². The fourth-order valence-corrected chi connectivity index (χ4v) is 1.20. The second kappa shape index (κ2) is 6.25. The Morgan fingerprint density at radius 1 is 1.35 bits per heavy atom. The summed E-state index contributed by atoms with van der Waals surface area (Å²) in [5, 5.41) is 12.0. The van der Waals surface area contributed by atoms with Gasteiger partial charge in [-0.2, -0.15) is 0 Å². The molecule has 0 aromatic heterocycles. The van der Waals surface area contributed by atoms with Crippen LogP contribution in [0.3, 0.4) is 0 Å². The molecule has 0 aliphatic carbocycles. The molecule has 1 amide bonds. The van der Waals surface area contributed by atoms with Gasteiger partial charge in [-0.05, 0) is 32.4 Å². The van der Waals surface area contributed by atoms with E-state index in [-0.39, 0.29) is 5.91 Å². The van der Waals surface area contributed by atoms with Crippen LogP contribution in [0.5, 0.6) is 5.75 Å². The summed E-state index contributed by atoms with van der Waals surface area (Å²) in [4.78, 5) is 11.3. The van der Waals surface area contributed by atoms with Gasteiger partial charge in [0.15, 0.2) is 0 Å². The minimum Gasteiger partial charge on any atom is -0.494 e. The number of hydrogen-bond donors (Lipinski definition) is 2. The topological polar surface area (TPSA) is 58.6 Å². The van der Waals surface area contributed by atoms with E-state index in [0.717, 1.165) is 5.75 Å². The van der Waals surface area contributed by atoms with Gasteiger partial charge in [0.05, 0.1) is 6.61 Å². The van der Waals surface area contributed by atoms with Crippen LogP contribution < -0.4 is 10.1 Å². The largest absolute Gasteiger partial charge is 0.494 e. The molecule has 0 unspecified atom stereocenters. The molecule has 0 spiro atoms. The van der Waals surface area contributed by atoms with E-state index in [1.54, 1.807) is 0 Å². The predicted octanol–water partition coefficient (Wildman–Crippen LogP) is 1.34. The Bertz CT molecular complexity index is 343. The summed E-state index contributed by atoms with van der Waals surface area (Å²) in [5.41, 5.74) is -1.32. The van der Waals surface area contributed by atoms with Crippen molar-refractivity contribution in [1.29, 1.82) is 0 Å². The average Bonchev–Trinajstić information content (AvgIpc) is 2.28. The zero-order valence-corrected chi connectivity index (χ0v) is 10.3. The quantitative estimate of drug-likeness (QED) is 0.734. The summed E-state index contributed by atoms with van der Waals surface area (Å²) in [6.45, 7) is 3.96. The van der Waals surface area contributed by atoms with Gasteiger partial charge >= 0.3 is 0 Å². The van der Waals surface area contributed by atoms with Crippen molar-refractivity contribution in [2.24, 2.45) is 0 Å². The maximum absolute atomic E-state index is 11.3. The Morgan fingerprint density at radius 3 is 2.59 bits per heavy atom. The summed E-state index contributed by atoms with van der Waals surface area (Å²) in [5.74, 6) is 0.457. The molecule has 94 valence electrons. The van der Waals surface area contributed by atoms with Gasteiger partial charge in [-0.3, -0.25) is 4.79 Å². The zero-order chi connectivity index (χ0) is 12.7. The lowest BCUT2D eigenvalue weighted by Crippen LogP contribution is -2.42. The lowest BCUT2D eigenvalue weighted by atomic mass is 10.1. The normalized spacial score (nSPS) is 11.0. The van der Waals surface area contributed by atoms with E-state index in [2.05, 4.69) is 5.32 Å². The van der Waals surface area contributed by atoms with Crippen LogP contribution in [0.1, 0.15) is 20.3 Å². The highest BCUT2D eigenvalue weighted by Gasteiger charge is 2.22.